The molecule has 0 aromatic heterocycles. The molecule has 0 aliphatic carbocycles. The third kappa shape index (κ3) is 3.51. The Morgan fingerprint density at radius 1 is 1.29 bits per heavy atom. The molecule has 0 radical (unpaired) electrons. The van der Waals surface area contributed by atoms with Crippen LogP contribution in [0.4, 0.5) is 8.78 Å². The summed E-state index contributed by atoms with van der Waals surface area (Å²) in [5, 5.41) is 2.70. The van der Waals surface area contributed by atoms with Crippen molar-refractivity contribution < 1.29 is 13.6 Å². The average molecular weight is 241 g/mol. The molecule has 1 N–H and O–H groups in total. The second-order valence-electron chi connectivity index (χ2n) is 5.17. The van der Waals surface area contributed by atoms with Gasteiger partial charge in [-0.15, -0.1) is 0 Å². The Morgan fingerprint density at radius 3 is 2.29 bits per heavy atom. The molecule has 17 heavy (non-hydrogen) atoms. The number of amides is 1. The normalized spacial score (nSPS) is 13.3. The quantitative estimate of drug-likeness (QED) is 0.846. The molecule has 2 nitrogen and oxygen atoms in total. The summed E-state index contributed by atoms with van der Waals surface area (Å²) in [6.07, 6.45) is 0. The van der Waals surface area contributed by atoms with Gasteiger partial charge in [0, 0.05) is 18.6 Å². The maximum Gasteiger partial charge on any atom is 0.217 e. The van der Waals surface area contributed by atoms with Crippen molar-refractivity contribution >= 4 is 5.91 Å². The number of hydrogen-bond donors (Lipinski definition) is 1. The van der Waals surface area contributed by atoms with E-state index in [-0.39, 0.29) is 11.3 Å². The zero-order valence-electron chi connectivity index (χ0n) is 10.5. The Balaban J connectivity index is 3.17. The van der Waals surface area contributed by atoms with Crippen molar-refractivity contribution in [3.8, 4) is 0 Å². The summed E-state index contributed by atoms with van der Waals surface area (Å²) >= 11 is 0. The van der Waals surface area contributed by atoms with Gasteiger partial charge in [0.1, 0.15) is 11.6 Å². The first-order chi connectivity index (χ1) is 7.71. The van der Waals surface area contributed by atoms with Crippen LogP contribution >= 0.6 is 0 Å². The predicted octanol–water partition coefficient (Wildman–Crippen LogP) is 3.19. The Morgan fingerprint density at radius 2 is 1.88 bits per heavy atom. The highest BCUT2D eigenvalue weighted by atomic mass is 19.1. The van der Waals surface area contributed by atoms with E-state index >= 15 is 0 Å². The first-order valence-electron chi connectivity index (χ1n) is 5.44. The van der Waals surface area contributed by atoms with Crippen molar-refractivity contribution in [1.29, 1.82) is 0 Å². The zero-order valence-corrected chi connectivity index (χ0v) is 10.5. The van der Waals surface area contributed by atoms with Crippen molar-refractivity contribution in [3.05, 3.63) is 35.4 Å². The van der Waals surface area contributed by atoms with Gasteiger partial charge in [0.15, 0.2) is 0 Å². The molecule has 1 amide bonds. The van der Waals surface area contributed by atoms with Crippen LogP contribution in [0.1, 0.15) is 39.3 Å². The summed E-state index contributed by atoms with van der Waals surface area (Å²) in [7, 11) is 0. The molecule has 1 atom stereocenters. The summed E-state index contributed by atoms with van der Waals surface area (Å²) in [6.45, 7) is 7.03. The highest BCUT2D eigenvalue weighted by Gasteiger charge is 2.29. The van der Waals surface area contributed by atoms with E-state index in [1.807, 2.05) is 20.8 Å². The van der Waals surface area contributed by atoms with Crippen LogP contribution in [0.3, 0.4) is 0 Å². The van der Waals surface area contributed by atoms with Gasteiger partial charge in [-0.3, -0.25) is 4.79 Å². The molecule has 0 heterocycles. The molecular weight excluding hydrogens is 224 g/mol. The number of hydrogen-bond acceptors (Lipinski definition) is 1. The van der Waals surface area contributed by atoms with E-state index in [2.05, 4.69) is 5.32 Å². The Labute approximate surface area is 100 Å². The summed E-state index contributed by atoms with van der Waals surface area (Å²) in [6, 6.07) is 2.91. The lowest BCUT2D eigenvalue weighted by molar-refractivity contribution is -0.120. The number of carbonyl (C=O) groups excluding carboxylic acids is 1. The maximum atomic E-state index is 13.7. The fourth-order valence-corrected chi connectivity index (χ4v) is 1.70. The minimum Gasteiger partial charge on any atom is -0.349 e. The molecule has 1 rings (SSSR count). The van der Waals surface area contributed by atoms with Gasteiger partial charge in [-0.05, 0) is 11.5 Å². The SMILES string of the molecule is CC(=O)N[C@H](c1ccc(F)cc1F)C(C)(C)C. The average Bonchev–Trinajstić information content (AvgIpc) is 2.13. The Hall–Kier alpha value is -1.45. The Kier molecular flexibility index (Phi) is 3.86. The van der Waals surface area contributed by atoms with E-state index in [1.54, 1.807) is 0 Å². The molecule has 0 saturated heterocycles. The molecule has 4 heteroatoms. The predicted molar refractivity (Wildman–Crippen MR) is 62.4 cm³/mol. The molecule has 1 aromatic carbocycles. The fourth-order valence-electron chi connectivity index (χ4n) is 1.70. The van der Waals surface area contributed by atoms with E-state index in [0.717, 1.165) is 6.07 Å². The van der Waals surface area contributed by atoms with Gasteiger partial charge in [0.05, 0.1) is 6.04 Å². The highest BCUT2D eigenvalue weighted by Crippen LogP contribution is 2.34. The van der Waals surface area contributed by atoms with Gasteiger partial charge in [-0.25, -0.2) is 8.78 Å². The number of carbonyl (C=O) groups is 1. The van der Waals surface area contributed by atoms with Gasteiger partial charge in [-0.2, -0.15) is 0 Å². The zero-order chi connectivity index (χ0) is 13.2. The summed E-state index contributed by atoms with van der Waals surface area (Å²) in [4.78, 5) is 11.1. The van der Waals surface area contributed by atoms with Gasteiger partial charge in [0.25, 0.3) is 0 Å². The molecule has 0 aliphatic heterocycles. The van der Waals surface area contributed by atoms with E-state index < -0.39 is 17.7 Å². The minimum absolute atomic E-state index is 0.242. The van der Waals surface area contributed by atoms with Gasteiger partial charge < -0.3 is 5.32 Å². The molecule has 1 aromatic rings. The van der Waals surface area contributed by atoms with E-state index in [4.69, 9.17) is 0 Å². The monoisotopic (exact) mass is 241 g/mol. The smallest absolute Gasteiger partial charge is 0.217 e. The minimum atomic E-state index is -0.640. The van der Waals surface area contributed by atoms with Crippen molar-refractivity contribution in [2.45, 2.75) is 33.7 Å². The van der Waals surface area contributed by atoms with Crippen LogP contribution in [0.5, 0.6) is 0 Å². The van der Waals surface area contributed by atoms with Gasteiger partial charge in [-0.1, -0.05) is 26.8 Å². The second kappa shape index (κ2) is 4.82. The first kappa shape index (κ1) is 13.6. The lowest BCUT2D eigenvalue weighted by Gasteiger charge is -2.31. The number of rotatable bonds is 2. The number of nitrogens with one attached hydrogen (secondary N) is 1. The third-order valence-corrected chi connectivity index (χ3v) is 2.49. The van der Waals surface area contributed by atoms with Crippen LogP contribution in [0.15, 0.2) is 18.2 Å². The molecule has 0 bridgehead atoms. The van der Waals surface area contributed by atoms with Crippen molar-refractivity contribution in [2.24, 2.45) is 5.41 Å². The molecule has 0 spiro atoms. The third-order valence-electron chi connectivity index (χ3n) is 2.49. The summed E-state index contributed by atoms with van der Waals surface area (Å²) < 4.78 is 26.5. The van der Waals surface area contributed by atoms with Crippen LogP contribution in [0, 0.1) is 17.0 Å². The van der Waals surface area contributed by atoms with Gasteiger partial charge >= 0.3 is 0 Å². The van der Waals surface area contributed by atoms with Crippen molar-refractivity contribution in [2.75, 3.05) is 0 Å². The molecule has 94 valence electrons. The molecule has 0 saturated carbocycles. The molecular formula is C13H17F2NO. The van der Waals surface area contributed by atoms with E-state index in [0.29, 0.717) is 5.56 Å². The topological polar surface area (TPSA) is 29.1 Å². The van der Waals surface area contributed by atoms with Crippen LogP contribution < -0.4 is 5.32 Å². The lowest BCUT2D eigenvalue weighted by atomic mass is 9.82. The molecule has 0 unspecified atom stereocenters. The van der Waals surface area contributed by atoms with E-state index in [9.17, 15) is 13.6 Å². The van der Waals surface area contributed by atoms with Crippen LogP contribution in [0.2, 0.25) is 0 Å². The fraction of sp³-hybridized carbons (Fsp3) is 0.462. The molecule has 0 aliphatic rings. The lowest BCUT2D eigenvalue weighted by Crippen LogP contribution is -2.35. The van der Waals surface area contributed by atoms with Crippen molar-refractivity contribution in [3.63, 3.8) is 0 Å². The maximum absolute atomic E-state index is 13.7. The summed E-state index contributed by atoms with van der Waals surface area (Å²) in [5.74, 6) is -1.51. The van der Waals surface area contributed by atoms with E-state index in [1.165, 1.54) is 19.1 Å². The largest absolute Gasteiger partial charge is 0.349 e. The Bertz CT molecular complexity index is 424. The van der Waals surface area contributed by atoms with Crippen LogP contribution in [-0.4, -0.2) is 5.91 Å². The standard InChI is InChI=1S/C13H17F2NO/c1-8(17)16-12(13(2,3)4)10-6-5-9(14)7-11(10)15/h5-7,12H,1-4H3,(H,16,17)/t12-/m1/s1. The summed E-state index contributed by atoms with van der Waals surface area (Å²) in [5.41, 5.74) is -0.0567. The second-order valence-corrected chi connectivity index (χ2v) is 5.17. The molecule has 0 fully saturated rings. The highest BCUT2D eigenvalue weighted by molar-refractivity contribution is 5.73. The van der Waals surface area contributed by atoms with Gasteiger partial charge in [0.2, 0.25) is 5.91 Å². The van der Waals surface area contributed by atoms with Crippen molar-refractivity contribution in [1.82, 2.24) is 5.32 Å². The van der Waals surface area contributed by atoms with Crippen LogP contribution in [-0.2, 0) is 4.79 Å². The van der Waals surface area contributed by atoms with Crippen LogP contribution in [0.25, 0.3) is 0 Å². The number of benzene rings is 1. The first-order valence-corrected chi connectivity index (χ1v) is 5.44. The number of halogens is 2.